The molecule has 0 heterocycles. The second-order valence-corrected chi connectivity index (χ2v) is 5.56. The molecule has 0 saturated carbocycles. The molecule has 1 unspecified atom stereocenters. The predicted octanol–water partition coefficient (Wildman–Crippen LogP) is 3.33. The van der Waals surface area contributed by atoms with Crippen molar-refractivity contribution in [2.45, 2.75) is 0 Å². The van der Waals surface area contributed by atoms with Crippen molar-refractivity contribution in [1.29, 1.82) is 0 Å². The largest absolute Gasteiger partial charge is 0.153 e. The van der Waals surface area contributed by atoms with Crippen LogP contribution in [0.5, 0.6) is 0 Å². The minimum Gasteiger partial charge on any atom is -0.153 e. The van der Waals surface area contributed by atoms with E-state index in [-0.39, 0.29) is 9.90 Å². The molecule has 0 N–H and O–H groups in total. The maximum atomic E-state index is 6.40. The Kier molecular flexibility index (Phi) is 5.26. The molecule has 3 heteroatoms. The van der Waals surface area contributed by atoms with E-state index in [0.29, 0.717) is 0 Å². The number of hydrogen-bond acceptors (Lipinski definition) is 0. The Morgan fingerprint density at radius 1 is 0.667 bits per heavy atom. The van der Waals surface area contributed by atoms with E-state index in [4.69, 9.17) is 11.2 Å². The summed E-state index contributed by atoms with van der Waals surface area (Å²) in [5.41, 5.74) is 0. The van der Waals surface area contributed by atoms with Gasteiger partial charge in [0.05, 0.1) is 7.27 Å². The summed E-state index contributed by atoms with van der Waals surface area (Å²) in [6.07, 6.45) is 0. The van der Waals surface area contributed by atoms with Crippen LogP contribution in [0.3, 0.4) is 0 Å². The van der Waals surface area contributed by atoms with Crippen molar-refractivity contribution in [1.82, 2.24) is 0 Å². The fraction of sp³-hybridized carbons (Fsp3) is 0. The molecule has 0 nitrogen and oxygen atoms in total. The highest BCUT2D eigenvalue weighted by atomic mass is 35.7. The Morgan fingerprint density at radius 3 is 1.33 bits per heavy atom. The quantitative estimate of drug-likeness (QED) is 0.721. The van der Waals surface area contributed by atoms with Gasteiger partial charge in [0, 0.05) is 0 Å². The van der Waals surface area contributed by atoms with Gasteiger partial charge in [-0.2, -0.15) is 9.90 Å². The van der Waals surface area contributed by atoms with Crippen molar-refractivity contribution in [2.75, 3.05) is 0 Å². The van der Waals surface area contributed by atoms with Gasteiger partial charge in [0.2, 0.25) is 0 Å². The van der Waals surface area contributed by atoms with Crippen molar-refractivity contribution >= 4 is 39.0 Å². The van der Waals surface area contributed by atoms with Gasteiger partial charge < -0.3 is 0 Å². The summed E-state index contributed by atoms with van der Waals surface area (Å²) < 4.78 is 0. The van der Waals surface area contributed by atoms with E-state index in [2.05, 4.69) is 24.3 Å². The lowest BCUT2D eigenvalue weighted by Crippen LogP contribution is -2.06. The molecule has 0 bridgehead atoms. The molecule has 0 aliphatic heterocycles. The maximum absolute atomic E-state index is 6.40. The molecule has 2 aromatic rings. The third-order valence-corrected chi connectivity index (χ3v) is 4.64. The van der Waals surface area contributed by atoms with Crippen LogP contribution in [0, 0.1) is 0 Å². The standard InChI is InChI=1S/C12H10ClP.H3P/c13-14(11-7-3-1-4-8-11)12-9-5-2-6-10-12;/h1-10H;1H3. The highest BCUT2D eigenvalue weighted by molar-refractivity contribution is 7.95. The van der Waals surface area contributed by atoms with Gasteiger partial charge in [-0.3, -0.25) is 0 Å². The predicted molar refractivity (Wildman–Crippen MR) is 76.0 cm³/mol. The van der Waals surface area contributed by atoms with Crippen LogP contribution in [0.4, 0.5) is 0 Å². The van der Waals surface area contributed by atoms with E-state index < -0.39 is 7.27 Å². The zero-order chi connectivity index (χ0) is 9.80. The highest BCUT2D eigenvalue weighted by Gasteiger charge is 2.08. The SMILES string of the molecule is ClP(c1ccccc1)c1ccccc1.P. The first-order valence-electron chi connectivity index (χ1n) is 4.44. The van der Waals surface area contributed by atoms with Crippen LogP contribution in [-0.4, -0.2) is 0 Å². The lowest BCUT2D eigenvalue weighted by Gasteiger charge is -2.09. The molecule has 0 saturated heterocycles. The smallest absolute Gasteiger partial charge is 0.0524 e. The molecule has 2 aromatic carbocycles. The molecule has 0 radical (unpaired) electrons. The zero-order valence-electron chi connectivity index (χ0n) is 8.31. The number of halogens is 1. The summed E-state index contributed by atoms with van der Waals surface area (Å²) >= 11 is 6.40. The van der Waals surface area contributed by atoms with Crippen molar-refractivity contribution in [2.24, 2.45) is 0 Å². The third kappa shape index (κ3) is 3.28. The molecule has 2 rings (SSSR count). The highest BCUT2D eigenvalue weighted by Crippen LogP contribution is 2.38. The van der Waals surface area contributed by atoms with Crippen LogP contribution >= 0.6 is 28.4 Å². The molecule has 78 valence electrons. The van der Waals surface area contributed by atoms with E-state index in [1.807, 2.05) is 36.4 Å². The minimum absolute atomic E-state index is 0. The minimum atomic E-state index is -0.699. The van der Waals surface area contributed by atoms with Gasteiger partial charge in [0.25, 0.3) is 0 Å². The first kappa shape index (κ1) is 12.7. The molecule has 0 aromatic heterocycles. The van der Waals surface area contributed by atoms with E-state index in [9.17, 15) is 0 Å². The Hall–Kier alpha value is -0.410. The topological polar surface area (TPSA) is 0 Å². The van der Waals surface area contributed by atoms with Crippen LogP contribution in [0.2, 0.25) is 0 Å². The van der Waals surface area contributed by atoms with E-state index >= 15 is 0 Å². The number of rotatable bonds is 2. The molecular formula is C12H13ClP2. The van der Waals surface area contributed by atoms with Crippen molar-refractivity contribution < 1.29 is 0 Å². The van der Waals surface area contributed by atoms with Gasteiger partial charge >= 0.3 is 0 Å². The number of benzene rings is 2. The van der Waals surface area contributed by atoms with Crippen molar-refractivity contribution in [3.05, 3.63) is 60.7 Å². The lowest BCUT2D eigenvalue weighted by molar-refractivity contribution is 1.76. The van der Waals surface area contributed by atoms with Crippen LogP contribution in [-0.2, 0) is 0 Å². The Balaban J connectivity index is 0.00000112. The zero-order valence-corrected chi connectivity index (χ0v) is 11.4. The molecule has 1 atom stereocenters. The summed E-state index contributed by atoms with van der Waals surface area (Å²) in [6.45, 7) is 0. The number of hydrogen-bond donors (Lipinski definition) is 0. The molecule has 0 fully saturated rings. The average Bonchev–Trinajstić information content (AvgIpc) is 2.30. The summed E-state index contributed by atoms with van der Waals surface area (Å²) in [7, 11) is -0.699. The Bertz CT molecular complexity index is 349. The van der Waals surface area contributed by atoms with Crippen LogP contribution in [0.15, 0.2) is 60.7 Å². The molecule has 15 heavy (non-hydrogen) atoms. The summed E-state index contributed by atoms with van der Waals surface area (Å²) in [5, 5.41) is 2.41. The van der Waals surface area contributed by atoms with Crippen molar-refractivity contribution in [3.63, 3.8) is 0 Å². The Morgan fingerprint density at radius 2 is 1.00 bits per heavy atom. The second kappa shape index (κ2) is 6.23. The van der Waals surface area contributed by atoms with Gasteiger partial charge in [0.15, 0.2) is 0 Å². The van der Waals surface area contributed by atoms with Gasteiger partial charge in [-0.1, -0.05) is 71.9 Å². The van der Waals surface area contributed by atoms with Gasteiger partial charge in [-0.25, -0.2) is 0 Å². The maximum Gasteiger partial charge on any atom is 0.0524 e. The summed E-state index contributed by atoms with van der Waals surface area (Å²) in [5.74, 6) is 0. The third-order valence-electron chi connectivity index (χ3n) is 1.97. The fourth-order valence-electron chi connectivity index (χ4n) is 1.27. The summed E-state index contributed by atoms with van der Waals surface area (Å²) in [6, 6.07) is 20.4. The van der Waals surface area contributed by atoms with Crippen molar-refractivity contribution in [3.8, 4) is 0 Å². The molecule has 0 spiro atoms. The van der Waals surface area contributed by atoms with Gasteiger partial charge in [-0.05, 0) is 10.6 Å². The molecule has 0 amide bonds. The summed E-state index contributed by atoms with van der Waals surface area (Å²) in [4.78, 5) is 0. The van der Waals surface area contributed by atoms with E-state index in [1.165, 1.54) is 10.6 Å². The average molecular weight is 255 g/mol. The first-order chi connectivity index (χ1) is 6.88. The van der Waals surface area contributed by atoms with Gasteiger partial charge in [0.1, 0.15) is 0 Å². The molecule has 0 aliphatic rings. The Labute approximate surface area is 99.8 Å². The lowest BCUT2D eigenvalue weighted by atomic mass is 10.4. The van der Waals surface area contributed by atoms with E-state index in [0.717, 1.165) is 0 Å². The second-order valence-electron chi connectivity index (χ2n) is 2.95. The first-order valence-corrected chi connectivity index (χ1v) is 6.68. The fourth-order valence-corrected chi connectivity index (χ4v) is 3.11. The monoisotopic (exact) mass is 254 g/mol. The molecular weight excluding hydrogens is 242 g/mol. The molecule has 0 aliphatic carbocycles. The normalized spacial score (nSPS) is 9.73. The van der Waals surface area contributed by atoms with E-state index in [1.54, 1.807) is 0 Å². The van der Waals surface area contributed by atoms with Crippen LogP contribution in [0.25, 0.3) is 0 Å². The van der Waals surface area contributed by atoms with Crippen LogP contribution in [0.1, 0.15) is 0 Å². The van der Waals surface area contributed by atoms with Crippen LogP contribution < -0.4 is 10.6 Å². The van der Waals surface area contributed by atoms with Gasteiger partial charge in [-0.15, -0.1) is 0 Å².